The van der Waals surface area contributed by atoms with Gasteiger partial charge in [0.05, 0.1) is 29.1 Å². The summed E-state index contributed by atoms with van der Waals surface area (Å²) in [5.74, 6) is -0.676. The molecule has 0 aromatic heterocycles. The minimum atomic E-state index is -3.51. The van der Waals surface area contributed by atoms with E-state index in [0.717, 1.165) is 6.26 Å². The minimum absolute atomic E-state index is 0.0736. The third-order valence-corrected chi connectivity index (χ3v) is 3.53. The predicted octanol–water partition coefficient (Wildman–Crippen LogP) is 2.29. The summed E-state index contributed by atoms with van der Waals surface area (Å²) in [7, 11) is -3.51. The van der Waals surface area contributed by atoms with Gasteiger partial charge in [0.1, 0.15) is 6.61 Å². The highest BCUT2D eigenvalue weighted by Gasteiger charge is 2.15. The van der Waals surface area contributed by atoms with Crippen molar-refractivity contribution in [2.24, 2.45) is 0 Å². The van der Waals surface area contributed by atoms with Gasteiger partial charge in [-0.2, -0.15) is 5.26 Å². The Hall–Kier alpha value is -2.85. The molecule has 0 unspecified atom stereocenters. The smallest absolute Gasteiger partial charge is 0.340 e. The number of rotatable bonds is 5. The third kappa shape index (κ3) is 4.56. The van der Waals surface area contributed by atoms with Crippen LogP contribution in [0, 0.1) is 11.3 Å². The largest absolute Gasteiger partial charge is 0.457 e. The van der Waals surface area contributed by atoms with Crippen LogP contribution in [-0.4, -0.2) is 20.6 Å². The van der Waals surface area contributed by atoms with E-state index in [2.05, 4.69) is 4.72 Å². The molecule has 0 atom stereocenters. The van der Waals surface area contributed by atoms with Crippen LogP contribution in [0.4, 0.5) is 5.69 Å². The van der Waals surface area contributed by atoms with Gasteiger partial charge in [-0.05, 0) is 18.2 Å². The second-order valence-electron chi connectivity index (χ2n) is 4.76. The molecule has 0 radical (unpaired) electrons. The zero-order chi connectivity index (χ0) is 16.9. The minimum Gasteiger partial charge on any atom is -0.457 e. The number of anilines is 1. The maximum atomic E-state index is 12.2. The van der Waals surface area contributed by atoms with Gasteiger partial charge in [0.2, 0.25) is 10.0 Å². The molecule has 2 aromatic carbocycles. The highest BCUT2D eigenvalue weighted by atomic mass is 32.2. The first-order chi connectivity index (χ1) is 10.9. The second kappa shape index (κ2) is 6.94. The number of benzene rings is 2. The van der Waals surface area contributed by atoms with E-state index >= 15 is 0 Å². The first-order valence-corrected chi connectivity index (χ1v) is 8.52. The maximum absolute atomic E-state index is 12.2. The van der Waals surface area contributed by atoms with E-state index in [0.29, 0.717) is 11.1 Å². The van der Waals surface area contributed by atoms with Crippen LogP contribution < -0.4 is 4.72 Å². The number of para-hydroxylation sites is 1. The van der Waals surface area contributed by atoms with Crippen LogP contribution in [0.15, 0.2) is 48.5 Å². The van der Waals surface area contributed by atoms with Gasteiger partial charge in [0.25, 0.3) is 0 Å². The molecule has 2 rings (SSSR count). The molecule has 0 bridgehead atoms. The molecular weight excluding hydrogens is 316 g/mol. The van der Waals surface area contributed by atoms with Crippen molar-refractivity contribution in [2.75, 3.05) is 11.0 Å². The molecule has 2 aromatic rings. The van der Waals surface area contributed by atoms with Crippen LogP contribution in [0.25, 0.3) is 0 Å². The van der Waals surface area contributed by atoms with E-state index in [9.17, 15) is 13.2 Å². The van der Waals surface area contributed by atoms with Crippen LogP contribution in [0.3, 0.4) is 0 Å². The van der Waals surface area contributed by atoms with Crippen molar-refractivity contribution < 1.29 is 17.9 Å². The molecule has 0 amide bonds. The zero-order valence-corrected chi connectivity index (χ0v) is 13.1. The molecule has 0 aliphatic carbocycles. The number of ether oxygens (including phenoxy) is 1. The van der Waals surface area contributed by atoms with E-state index in [1.807, 2.05) is 6.07 Å². The van der Waals surface area contributed by atoms with Crippen molar-refractivity contribution in [3.63, 3.8) is 0 Å². The highest BCUT2D eigenvalue weighted by Crippen LogP contribution is 2.18. The molecule has 7 heteroatoms. The van der Waals surface area contributed by atoms with E-state index in [-0.39, 0.29) is 17.9 Å². The topological polar surface area (TPSA) is 96.3 Å². The molecule has 0 spiro atoms. The highest BCUT2D eigenvalue weighted by molar-refractivity contribution is 7.92. The summed E-state index contributed by atoms with van der Waals surface area (Å²) in [5, 5.41) is 9.01. The molecule has 118 valence electrons. The Morgan fingerprint density at radius 2 is 1.83 bits per heavy atom. The quantitative estimate of drug-likeness (QED) is 0.848. The number of nitriles is 1. The lowest BCUT2D eigenvalue weighted by atomic mass is 10.1. The lowest BCUT2D eigenvalue weighted by Gasteiger charge is -2.11. The molecular formula is C16H14N2O4S. The zero-order valence-electron chi connectivity index (χ0n) is 12.3. The van der Waals surface area contributed by atoms with Crippen LogP contribution in [0.5, 0.6) is 0 Å². The molecule has 0 aliphatic rings. The summed E-state index contributed by atoms with van der Waals surface area (Å²) in [6, 6.07) is 14.9. The van der Waals surface area contributed by atoms with Crippen LogP contribution >= 0.6 is 0 Å². The summed E-state index contributed by atoms with van der Waals surface area (Å²) < 4.78 is 30.1. The number of hydrogen-bond donors (Lipinski definition) is 1. The fraction of sp³-hybridized carbons (Fsp3) is 0.125. The number of nitrogens with zero attached hydrogens (tertiary/aromatic N) is 1. The van der Waals surface area contributed by atoms with Crippen molar-refractivity contribution in [1.29, 1.82) is 5.26 Å². The number of nitrogens with one attached hydrogen (secondary N) is 1. The van der Waals surface area contributed by atoms with E-state index in [1.165, 1.54) is 12.1 Å². The number of hydrogen-bond acceptors (Lipinski definition) is 5. The van der Waals surface area contributed by atoms with Crippen molar-refractivity contribution >= 4 is 21.7 Å². The van der Waals surface area contributed by atoms with Crippen LogP contribution in [0.2, 0.25) is 0 Å². The van der Waals surface area contributed by atoms with Crippen LogP contribution in [-0.2, 0) is 21.4 Å². The SMILES string of the molecule is CS(=O)(=O)Nc1ccccc1C(=O)OCc1ccccc1C#N. The monoisotopic (exact) mass is 330 g/mol. The first-order valence-electron chi connectivity index (χ1n) is 6.62. The average Bonchev–Trinajstić information content (AvgIpc) is 2.52. The lowest BCUT2D eigenvalue weighted by Crippen LogP contribution is -2.14. The Morgan fingerprint density at radius 1 is 1.17 bits per heavy atom. The summed E-state index contributed by atoms with van der Waals surface area (Å²) in [6.45, 7) is -0.0736. The Labute approximate surface area is 134 Å². The van der Waals surface area contributed by atoms with Gasteiger partial charge in [-0.15, -0.1) is 0 Å². The van der Waals surface area contributed by atoms with Crippen molar-refractivity contribution in [2.45, 2.75) is 6.61 Å². The Balaban J connectivity index is 2.17. The van der Waals surface area contributed by atoms with Gasteiger partial charge >= 0.3 is 5.97 Å². The van der Waals surface area contributed by atoms with Crippen molar-refractivity contribution in [3.8, 4) is 6.07 Å². The van der Waals surface area contributed by atoms with Crippen molar-refractivity contribution in [3.05, 3.63) is 65.2 Å². The number of esters is 1. The molecule has 0 heterocycles. The third-order valence-electron chi connectivity index (χ3n) is 2.94. The summed E-state index contributed by atoms with van der Waals surface area (Å²) in [6.07, 6.45) is 0.998. The standard InChI is InChI=1S/C16H14N2O4S/c1-23(20,21)18-15-9-5-4-8-14(15)16(19)22-11-13-7-3-2-6-12(13)10-17/h2-9,18H,11H2,1H3. The van der Waals surface area contributed by atoms with E-state index in [4.69, 9.17) is 10.00 Å². The summed E-state index contributed by atoms with van der Waals surface area (Å²) >= 11 is 0. The first kappa shape index (κ1) is 16.5. The summed E-state index contributed by atoms with van der Waals surface area (Å²) in [4.78, 5) is 12.2. The molecule has 0 aliphatic heterocycles. The second-order valence-corrected chi connectivity index (χ2v) is 6.51. The molecule has 1 N–H and O–H groups in total. The van der Waals surface area contributed by atoms with E-state index < -0.39 is 16.0 Å². The Bertz CT molecular complexity index is 870. The van der Waals surface area contributed by atoms with Gasteiger partial charge in [0.15, 0.2) is 0 Å². The lowest BCUT2D eigenvalue weighted by molar-refractivity contribution is 0.0474. The molecule has 0 saturated carbocycles. The Morgan fingerprint density at radius 3 is 2.52 bits per heavy atom. The van der Waals surface area contributed by atoms with Gasteiger partial charge in [-0.25, -0.2) is 13.2 Å². The van der Waals surface area contributed by atoms with Gasteiger partial charge in [0, 0.05) is 5.56 Å². The number of carbonyl (C=O) groups excluding carboxylic acids is 1. The number of sulfonamides is 1. The predicted molar refractivity (Wildman–Crippen MR) is 85.2 cm³/mol. The van der Waals surface area contributed by atoms with Gasteiger partial charge in [-0.3, -0.25) is 4.72 Å². The summed E-state index contributed by atoms with van der Waals surface area (Å²) in [5.41, 5.74) is 1.25. The molecule has 0 fully saturated rings. The van der Waals surface area contributed by atoms with Crippen molar-refractivity contribution in [1.82, 2.24) is 0 Å². The maximum Gasteiger partial charge on any atom is 0.340 e. The van der Waals surface area contributed by atoms with Crippen LogP contribution in [0.1, 0.15) is 21.5 Å². The Kier molecular flexibility index (Phi) is 4.98. The molecule has 0 saturated heterocycles. The normalized spacial score (nSPS) is 10.6. The van der Waals surface area contributed by atoms with E-state index in [1.54, 1.807) is 36.4 Å². The fourth-order valence-corrected chi connectivity index (χ4v) is 2.50. The molecule has 6 nitrogen and oxygen atoms in total. The fourth-order valence-electron chi connectivity index (χ4n) is 1.93. The number of carbonyl (C=O) groups is 1. The average molecular weight is 330 g/mol. The molecule has 23 heavy (non-hydrogen) atoms. The van der Waals surface area contributed by atoms with Gasteiger partial charge < -0.3 is 4.74 Å². The van der Waals surface area contributed by atoms with Gasteiger partial charge in [-0.1, -0.05) is 30.3 Å².